The molecule has 1 unspecified atom stereocenters. The van der Waals surface area contributed by atoms with Gasteiger partial charge in [-0.05, 0) is 14.0 Å². The van der Waals surface area contributed by atoms with Gasteiger partial charge in [-0.3, -0.25) is 9.48 Å². The summed E-state index contributed by atoms with van der Waals surface area (Å²) in [6, 6.07) is 1.51. The zero-order valence-electron chi connectivity index (χ0n) is 12.0. The molecule has 20 heavy (non-hydrogen) atoms. The van der Waals surface area contributed by atoms with E-state index in [-0.39, 0.29) is 29.9 Å². The highest BCUT2D eigenvalue weighted by Crippen LogP contribution is 2.14. The number of hydrogen-bond acceptors (Lipinski definition) is 5. The average Bonchev–Trinajstić information content (AvgIpc) is 2.62. The van der Waals surface area contributed by atoms with Crippen LogP contribution in [0.15, 0.2) is 6.07 Å². The highest BCUT2D eigenvalue weighted by Gasteiger charge is 2.30. The number of anilines is 1. The fourth-order valence-corrected chi connectivity index (χ4v) is 3.91. The summed E-state index contributed by atoms with van der Waals surface area (Å²) in [5, 5.41) is 6.85. The largest absolute Gasteiger partial charge is 0.309 e. The number of aryl methyl sites for hydroxylation is 2. The molecule has 1 atom stereocenters. The van der Waals surface area contributed by atoms with Gasteiger partial charge in [-0.2, -0.15) is 5.10 Å². The minimum absolute atomic E-state index is 0.0398. The maximum atomic E-state index is 12.0. The second-order valence-corrected chi connectivity index (χ2v) is 7.52. The van der Waals surface area contributed by atoms with Crippen LogP contribution in [0.1, 0.15) is 12.1 Å². The molecule has 2 heterocycles. The summed E-state index contributed by atoms with van der Waals surface area (Å²) in [6.45, 7) is 2.37. The number of rotatable bonds is 3. The van der Waals surface area contributed by atoms with Gasteiger partial charge < -0.3 is 10.2 Å². The molecule has 1 aromatic heterocycles. The van der Waals surface area contributed by atoms with Gasteiger partial charge in [0.2, 0.25) is 5.91 Å². The van der Waals surface area contributed by atoms with Gasteiger partial charge in [-0.15, -0.1) is 0 Å². The molecule has 1 aromatic rings. The lowest BCUT2D eigenvalue weighted by Gasteiger charge is -2.31. The molecule has 0 aliphatic carbocycles. The Balaban J connectivity index is 1.97. The molecule has 0 aromatic carbocycles. The molecule has 2 rings (SSSR count). The molecule has 1 fully saturated rings. The fourth-order valence-electron chi connectivity index (χ4n) is 2.21. The van der Waals surface area contributed by atoms with Crippen molar-refractivity contribution in [3.05, 3.63) is 11.8 Å². The van der Waals surface area contributed by atoms with Gasteiger partial charge in [0, 0.05) is 37.8 Å². The van der Waals surface area contributed by atoms with E-state index in [4.69, 9.17) is 0 Å². The molecule has 7 nitrogen and oxygen atoms in total. The van der Waals surface area contributed by atoms with Crippen molar-refractivity contribution in [2.45, 2.75) is 19.4 Å². The van der Waals surface area contributed by atoms with E-state index in [2.05, 4.69) is 10.4 Å². The van der Waals surface area contributed by atoms with Crippen molar-refractivity contribution in [3.8, 4) is 0 Å². The van der Waals surface area contributed by atoms with Crippen LogP contribution >= 0.6 is 0 Å². The third kappa shape index (κ3) is 3.57. The zero-order valence-corrected chi connectivity index (χ0v) is 12.8. The molecule has 8 heteroatoms. The van der Waals surface area contributed by atoms with Crippen LogP contribution in [0.25, 0.3) is 0 Å². The molecule has 1 N–H and O–H groups in total. The van der Waals surface area contributed by atoms with Crippen molar-refractivity contribution in [2.75, 3.05) is 30.4 Å². The highest BCUT2D eigenvalue weighted by molar-refractivity contribution is 7.91. The van der Waals surface area contributed by atoms with Crippen molar-refractivity contribution in [1.82, 2.24) is 14.7 Å². The summed E-state index contributed by atoms with van der Waals surface area (Å²) in [4.78, 5) is 13.9. The topological polar surface area (TPSA) is 84.3 Å². The first kappa shape index (κ1) is 15.0. The first-order valence-electron chi connectivity index (χ1n) is 6.48. The van der Waals surface area contributed by atoms with Crippen LogP contribution in [0.2, 0.25) is 0 Å². The lowest BCUT2D eigenvalue weighted by Crippen LogP contribution is -2.47. The Kier molecular flexibility index (Phi) is 4.14. The number of hydrogen-bond donors (Lipinski definition) is 1. The van der Waals surface area contributed by atoms with Crippen LogP contribution in [0.4, 0.5) is 5.82 Å². The van der Waals surface area contributed by atoms with Crippen molar-refractivity contribution < 1.29 is 13.2 Å². The summed E-state index contributed by atoms with van der Waals surface area (Å²) in [5.74, 6) is 0.493. The SMILES string of the molecule is Cc1cc(NC(=O)CC2CS(=O)(=O)CCN2C)nn1C. The van der Waals surface area contributed by atoms with Gasteiger partial charge in [-0.1, -0.05) is 0 Å². The van der Waals surface area contributed by atoms with Crippen LogP contribution in [0, 0.1) is 6.92 Å². The van der Waals surface area contributed by atoms with Crippen molar-refractivity contribution in [3.63, 3.8) is 0 Å². The van der Waals surface area contributed by atoms with E-state index >= 15 is 0 Å². The van der Waals surface area contributed by atoms with Gasteiger partial charge in [0.15, 0.2) is 15.7 Å². The lowest BCUT2D eigenvalue weighted by molar-refractivity contribution is -0.117. The molecule has 1 aliphatic heterocycles. The fraction of sp³-hybridized carbons (Fsp3) is 0.667. The van der Waals surface area contributed by atoms with Gasteiger partial charge in [0.25, 0.3) is 0 Å². The maximum absolute atomic E-state index is 12.0. The van der Waals surface area contributed by atoms with Crippen molar-refractivity contribution >= 4 is 21.6 Å². The molecular formula is C12H20N4O3S. The molecule has 1 aliphatic rings. The van der Waals surface area contributed by atoms with Crippen LogP contribution < -0.4 is 5.32 Å². The van der Waals surface area contributed by atoms with Crippen LogP contribution in [0.3, 0.4) is 0 Å². The molecule has 0 radical (unpaired) electrons. The Hall–Kier alpha value is -1.41. The predicted octanol–water partition coefficient (Wildman–Crippen LogP) is -0.214. The van der Waals surface area contributed by atoms with Crippen molar-refractivity contribution in [2.24, 2.45) is 7.05 Å². The van der Waals surface area contributed by atoms with Gasteiger partial charge >= 0.3 is 0 Å². The number of nitrogens with zero attached hydrogens (tertiary/aromatic N) is 3. The smallest absolute Gasteiger partial charge is 0.227 e. The van der Waals surface area contributed by atoms with Crippen molar-refractivity contribution in [1.29, 1.82) is 0 Å². The monoisotopic (exact) mass is 300 g/mol. The van der Waals surface area contributed by atoms with Gasteiger partial charge in [-0.25, -0.2) is 8.42 Å². The molecular weight excluding hydrogens is 280 g/mol. The van der Waals surface area contributed by atoms with E-state index < -0.39 is 9.84 Å². The Morgan fingerprint density at radius 2 is 2.20 bits per heavy atom. The van der Waals surface area contributed by atoms with E-state index in [1.807, 2.05) is 18.9 Å². The Labute approximate surface area is 118 Å². The summed E-state index contributed by atoms with van der Waals surface area (Å²) in [6.07, 6.45) is 0.158. The normalized spacial score (nSPS) is 22.6. The number of carbonyl (C=O) groups excluding carboxylic acids is 1. The average molecular weight is 300 g/mol. The number of amides is 1. The first-order valence-corrected chi connectivity index (χ1v) is 8.30. The predicted molar refractivity (Wildman–Crippen MR) is 76.3 cm³/mol. The highest BCUT2D eigenvalue weighted by atomic mass is 32.2. The Morgan fingerprint density at radius 1 is 1.50 bits per heavy atom. The molecule has 0 bridgehead atoms. The zero-order chi connectivity index (χ0) is 14.9. The van der Waals surface area contributed by atoms with Crippen LogP contribution in [-0.4, -0.2) is 60.1 Å². The maximum Gasteiger partial charge on any atom is 0.227 e. The molecule has 1 amide bonds. The van der Waals surface area contributed by atoms with E-state index in [1.165, 1.54) is 0 Å². The third-order valence-electron chi connectivity index (χ3n) is 3.63. The Morgan fingerprint density at radius 3 is 2.80 bits per heavy atom. The van der Waals surface area contributed by atoms with Crippen LogP contribution in [-0.2, 0) is 21.7 Å². The summed E-state index contributed by atoms with van der Waals surface area (Å²) >= 11 is 0. The van der Waals surface area contributed by atoms with Gasteiger partial charge in [0.1, 0.15) is 0 Å². The van der Waals surface area contributed by atoms with E-state index in [1.54, 1.807) is 17.8 Å². The minimum atomic E-state index is -3.03. The van der Waals surface area contributed by atoms with Crippen LogP contribution in [0.5, 0.6) is 0 Å². The second-order valence-electron chi connectivity index (χ2n) is 5.30. The summed E-state index contributed by atoms with van der Waals surface area (Å²) in [7, 11) is 0.616. The number of aromatic nitrogens is 2. The number of carbonyl (C=O) groups is 1. The first-order chi connectivity index (χ1) is 9.27. The van der Waals surface area contributed by atoms with E-state index in [0.29, 0.717) is 12.4 Å². The molecule has 0 spiro atoms. The summed E-state index contributed by atoms with van der Waals surface area (Å²) < 4.78 is 24.9. The third-order valence-corrected chi connectivity index (χ3v) is 5.32. The van der Waals surface area contributed by atoms with E-state index in [0.717, 1.165) is 5.69 Å². The van der Waals surface area contributed by atoms with Gasteiger partial charge in [0.05, 0.1) is 11.5 Å². The molecule has 1 saturated heterocycles. The second kappa shape index (κ2) is 5.53. The minimum Gasteiger partial charge on any atom is -0.309 e. The molecule has 112 valence electrons. The Bertz CT molecular complexity index is 589. The van der Waals surface area contributed by atoms with E-state index in [9.17, 15) is 13.2 Å². The summed E-state index contributed by atoms with van der Waals surface area (Å²) in [5.41, 5.74) is 0.942. The number of sulfone groups is 1. The standard InChI is InChI=1S/C12H20N4O3S/c1-9-6-11(14-16(9)3)13-12(17)7-10-8-20(18,19)5-4-15(10)2/h6,10H,4-5,7-8H2,1-3H3,(H,13,14,17). The quantitative estimate of drug-likeness (QED) is 0.835. The lowest BCUT2D eigenvalue weighted by atomic mass is 10.2. The molecule has 0 saturated carbocycles. The number of nitrogens with one attached hydrogen (secondary N) is 1.